The van der Waals surface area contributed by atoms with Crippen LogP contribution in [0.2, 0.25) is 0 Å². The van der Waals surface area contributed by atoms with E-state index in [1.54, 1.807) is 11.3 Å². The summed E-state index contributed by atoms with van der Waals surface area (Å²) < 4.78 is 0. The number of anilines is 1. The number of hydrogen-bond donors (Lipinski definition) is 1. The molecule has 0 aliphatic carbocycles. The van der Waals surface area contributed by atoms with Crippen LogP contribution in [0.3, 0.4) is 0 Å². The Balaban J connectivity index is 2.09. The SMILES string of the molecule is C=CCN(CC=C)CC(C)c1nc(-c2cccc(N)c2)cs1. The van der Waals surface area contributed by atoms with E-state index in [0.29, 0.717) is 5.92 Å². The molecule has 1 unspecified atom stereocenters. The molecule has 2 aromatic rings. The quantitative estimate of drug-likeness (QED) is 0.587. The normalized spacial score (nSPS) is 12.3. The standard InChI is InChI=1S/C18H23N3S/c1-4-9-21(10-5-2)12-14(3)18-20-17(13-22-18)15-7-6-8-16(19)11-15/h4-8,11,13-14H,1-2,9-10,12,19H2,3H3. The average Bonchev–Trinajstić information content (AvgIpc) is 2.97. The van der Waals surface area contributed by atoms with Crippen molar-refractivity contribution >= 4 is 17.0 Å². The second-order valence-corrected chi connectivity index (χ2v) is 6.28. The monoisotopic (exact) mass is 313 g/mol. The molecule has 22 heavy (non-hydrogen) atoms. The van der Waals surface area contributed by atoms with Gasteiger partial charge in [-0.05, 0) is 12.1 Å². The topological polar surface area (TPSA) is 42.2 Å². The van der Waals surface area contributed by atoms with Gasteiger partial charge in [-0.3, -0.25) is 4.90 Å². The second kappa shape index (κ2) is 7.92. The van der Waals surface area contributed by atoms with E-state index in [-0.39, 0.29) is 0 Å². The summed E-state index contributed by atoms with van der Waals surface area (Å²) in [6, 6.07) is 7.86. The molecule has 1 atom stereocenters. The van der Waals surface area contributed by atoms with Gasteiger partial charge in [0.2, 0.25) is 0 Å². The largest absolute Gasteiger partial charge is 0.399 e. The van der Waals surface area contributed by atoms with Crippen LogP contribution in [-0.2, 0) is 0 Å². The van der Waals surface area contributed by atoms with Crippen LogP contribution in [0.5, 0.6) is 0 Å². The Kier molecular flexibility index (Phi) is 5.92. The summed E-state index contributed by atoms with van der Waals surface area (Å²) in [5.41, 5.74) is 8.68. The number of benzene rings is 1. The van der Waals surface area contributed by atoms with Crippen molar-refractivity contribution in [2.45, 2.75) is 12.8 Å². The van der Waals surface area contributed by atoms with Crippen molar-refractivity contribution in [3.63, 3.8) is 0 Å². The molecule has 116 valence electrons. The first-order valence-corrected chi connectivity index (χ1v) is 8.27. The van der Waals surface area contributed by atoms with E-state index in [4.69, 9.17) is 10.7 Å². The van der Waals surface area contributed by atoms with Gasteiger partial charge in [0.1, 0.15) is 0 Å². The molecule has 3 nitrogen and oxygen atoms in total. The minimum Gasteiger partial charge on any atom is -0.399 e. The number of thiazole rings is 1. The Bertz CT molecular complexity index is 623. The lowest BCUT2D eigenvalue weighted by molar-refractivity contribution is 0.317. The lowest BCUT2D eigenvalue weighted by Crippen LogP contribution is -2.28. The van der Waals surface area contributed by atoms with E-state index in [2.05, 4.69) is 30.4 Å². The number of nitrogens with two attached hydrogens (primary N) is 1. The molecule has 0 spiro atoms. The van der Waals surface area contributed by atoms with Gasteiger partial charge in [0.05, 0.1) is 10.7 Å². The third kappa shape index (κ3) is 4.29. The van der Waals surface area contributed by atoms with E-state index in [9.17, 15) is 0 Å². The fourth-order valence-electron chi connectivity index (χ4n) is 2.40. The van der Waals surface area contributed by atoms with Gasteiger partial charge in [-0.1, -0.05) is 31.2 Å². The molecule has 1 heterocycles. The summed E-state index contributed by atoms with van der Waals surface area (Å²) in [6.45, 7) is 12.5. The lowest BCUT2D eigenvalue weighted by Gasteiger charge is -2.21. The molecule has 0 radical (unpaired) electrons. The predicted molar refractivity (Wildman–Crippen MR) is 97.2 cm³/mol. The van der Waals surface area contributed by atoms with Crippen molar-refractivity contribution in [2.75, 3.05) is 25.4 Å². The van der Waals surface area contributed by atoms with Crippen LogP contribution in [0.4, 0.5) is 5.69 Å². The summed E-state index contributed by atoms with van der Waals surface area (Å²) in [7, 11) is 0. The average molecular weight is 313 g/mol. The minimum atomic E-state index is 0.375. The summed E-state index contributed by atoms with van der Waals surface area (Å²) in [5.74, 6) is 0.375. The molecule has 0 fully saturated rings. The minimum absolute atomic E-state index is 0.375. The molecule has 1 aromatic heterocycles. The molecular formula is C18H23N3S. The molecule has 1 aromatic carbocycles. The lowest BCUT2D eigenvalue weighted by atomic mass is 10.1. The highest BCUT2D eigenvalue weighted by Crippen LogP contribution is 2.27. The number of rotatable bonds is 8. The smallest absolute Gasteiger partial charge is 0.0973 e. The molecule has 2 N–H and O–H groups in total. The Hall–Kier alpha value is -1.91. The van der Waals surface area contributed by atoms with Gasteiger partial charge in [0.25, 0.3) is 0 Å². The van der Waals surface area contributed by atoms with Gasteiger partial charge in [-0.15, -0.1) is 24.5 Å². The number of nitrogens with zero attached hydrogens (tertiary/aromatic N) is 2. The molecule has 0 aliphatic rings. The van der Waals surface area contributed by atoms with E-state index >= 15 is 0 Å². The Morgan fingerprint density at radius 1 is 1.32 bits per heavy atom. The number of nitrogen functional groups attached to an aromatic ring is 1. The summed E-state index contributed by atoms with van der Waals surface area (Å²) >= 11 is 1.71. The van der Waals surface area contributed by atoms with Gasteiger partial charge in [-0.2, -0.15) is 0 Å². The first-order valence-electron chi connectivity index (χ1n) is 7.39. The molecule has 0 saturated heterocycles. The van der Waals surface area contributed by atoms with Crippen molar-refractivity contribution in [1.82, 2.24) is 9.88 Å². The van der Waals surface area contributed by atoms with Crippen LogP contribution in [0.1, 0.15) is 17.8 Å². The summed E-state index contributed by atoms with van der Waals surface area (Å²) in [6.07, 6.45) is 3.85. The van der Waals surface area contributed by atoms with Crippen molar-refractivity contribution in [2.24, 2.45) is 0 Å². The molecule has 0 amide bonds. The zero-order valence-corrected chi connectivity index (χ0v) is 13.9. The Morgan fingerprint density at radius 2 is 2.05 bits per heavy atom. The first kappa shape index (κ1) is 16.5. The van der Waals surface area contributed by atoms with Crippen LogP contribution < -0.4 is 5.73 Å². The highest BCUT2D eigenvalue weighted by Gasteiger charge is 2.14. The van der Waals surface area contributed by atoms with Gasteiger partial charge >= 0.3 is 0 Å². The number of aromatic nitrogens is 1. The Morgan fingerprint density at radius 3 is 2.68 bits per heavy atom. The van der Waals surface area contributed by atoms with Crippen molar-refractivity contribution in [1.29, 1.82) is 0 Å². The fraction of sp³-hybridized carbons (Fsp3) is 0.278. The van der Waals surface area contributed by atoms with Crippen LogP contribution >= 0.6 is 11.3 Å². The van der Waals surface area contributed by atoms with Crippen molar-refractivity contribution in [3.05, 3.63) is 60.0 Å². The third-order valence-electron chi connectivity index (χ3n) is 3.43. The maximum absolute atomic E-state index is 5.85. The highest BCUT2D eigenvalue weighted by atomic mass is 32.1. The van der Waals surface area contributed by atoms with Gasteiger partial charge in [-0.25, -0.2) is 4.98 Å². The van der Waals surface area contributed by atoms with Crippen LogP contribution in [0.25, 0.3) is 11.3 Å². The summed E-state index contributed by atoms with van der Waals surface area (Å²) in [5, 5.41) is 3.25. The second-order valence-electron chi connectivity index (χ2n) is 5.39. The third-order valence-corrected chi connectivity index (χ3v) is 4.51. The van der Waals surface area contributed by atoms with Crippen molar-refractivity contribution < 1.29 is 0 Å². The van der Waals surface area contributed by atoms with Gasteiger partial charge in [0, 0.05) is 42.2 Å². The van der Waals surface area contributed by atoms with E-state index in [0.717, 1.165) is 41.6 Å². The Labute approximate surface area is 136 Å². The maximum atomic E-state index is 5.85. The molecule has 2 rings (SSSR count). The van der Waals surface area contributed by atoms with Gasteiger partial charge in [0.15, 0.2) is 0 Å². The van der Waals surface area contributed by atoms with Crippen LogP contribution in [0.15, 0.2) is 55.0 Å². The molecule has 4 heteroatoms. The maximum Gasteiger partial charge on any atom is 0.0973 e. The van der Waals surface area contributed by atoms with Crippen LogP contribution in [-0.4, -0.2) is 29.5 Å². The van der Waals surface area contributed by atoms with Crippen molar-refractivity contribution in [3.8, 4) is 11.3 Å². The van der Waals surface area contributed by atoms with E-state index in [1.165, 1.54) is 0 Å². The van der Waals surface area contributed by atoms with E-state index < -0.39 is 0 Å². The predicted octanol–water partition coefficient (Wildman–Crippen LogP) is 4.17. The zero-order chi connectivity index (χ0) is 15.9. The molecule has 0 saturated carbocycles. The first-order chi connectivity index (χ1) is 10.6. The molecular weight excluding hydrogens is 290 g/mol. The van der Waals surface area contributed by atoms with Crippen LogP contribution in [0, 0.1) is 0 Å². The fourth-order valence-corrected chi connectivity index (χ4v) is 3.28. The molecule has 0 bridgehead atoms. The zero-order valence-electron chi connectivity index (χ0n) is 13.0. The van der Waals surface area contributed by atoms with E-state index in [1.807, 2.05) is 36.4 Å². The highest BCUT2D eigenvalue weighted by molar-refractivity contribution is 7.10. The number of hydrogen-bond acceptors (Lipinski definition) is 4. The molecule has 0 aliphatic heterocycles. The summed E-state index contributed by atoms with van der Waals surface area (Å²) in [4.78, 5) is 7.09. The van der Waals surface area contributed by atoms with Gasteiger partial charge < -0.3 is 5.73 Å².